The standard InChI is InChI=1S/C21H28NO4PS/c1-4-25-27(23,26-5-2)17-20(14-13-19-9-7-6-8-10-19)22-28(24)21-15-11-18(3)12-16-21/h6-16,20,22H,4-5,17H2,1-3H3/b14-13+/t20-,28?/m1/s1. The Kier molecular flexibility index (Phi) is 9.29. The van der Waals surface area contributed by atoms with Gasteiger partial charge in [0, 0.05) is 6.04 Å². The van der Waals surface area contributed by atoms with Crippen molar-refractivity contribution in [2.24, 2.45) is 0 Å². The quantitative estimate of drug-likeness (QED) is 0.521. The van der Waals surface area contributed by atoms with Crippen LogP contribution in [0.2, 0.25) is 0 Å². The maximum Gasteiger partial charge on any atom is 0.332 e. The Morgan fingerprint density at radius 1 is 1.04 bits per heavy atom. The predicted molar refractivity (Wildman–Crippen MR) is 116 cm³/mol. The predicted octanol–water partition coefficient (Wildman–Crippen LogP) is 4.96. The molecule has 0 saturated carbocycles. The SMILES string of the molecule is CCOP(=O)(C[C@@H](/C=C/c1ccccc1)NS(=O)c1ccc(C)cc1)OCC. The Morgan fingerprint density at radius 2 is 1.64 bits per heavy atom. The maximum absolute atomic E-state index is 13.0. The van der Waals surface area contributed by atoms with E-state index < -0.39 is 24.6 Å². The van der Waals surface area contributed by atoms with E-state index >= 15 is 0 Å². The van der Waals surface area contributed by atoms with Crippen molar-refractivity contribution < 1.29 is 17.8 Å². The number of hydrogen-bond acceptors (Lipinski definition) is 4. The van der Waals surface area contributed by atoms with Crippen LogP contribution in [0.15, 0.2) is 65.6 Å². The summed E-state index contributed by atoms with van der Waals surface area (Å²) in [4.78, 5) is 0.659. The lowest BCUT2D eigenvalue weighted by Gasteiger charge is -2.22. The fraction of sp³-hybridized carbons (Fsp3) is 0.333. The molecule has 152 valence electrons. The molecule has 0 spiro atoms. The first kappa shape index (κ1) is 22.7. The number of benzene rings is 2. The van der Waals surface area contributed by atoms with Gasteiger partial charge in [-0.25, -0.2) is 8.93 Å². The molecule has 0 amide bonds. The summed E-state index contributed by atoms with van der Waals surface area (Å²) in [7, 11) is -4.76. The smallest absolute Gasteiger partial charge is 0.309 e. The first-order chi connectivity index (χ1) is 13.5. The average molecular weight is 421 g/mol. The zero-order valence-electron chi connectivity index (χ0n) is 16.5. The van der Waals surface area contributed by atoms with Crippen molar-refractivity contribution in [3.05, 3.63) is 71.8 Å². The van der Waals surface area contributed by atoms with Crippen LogP contribution in [0.5, 0.6) is 0 Å². The zero-order valence-corrected chi connectivity index (χ0v) is 18.2. The fourth-order valence-corrected chi connectivity index (χ4v) is 5.42. The van der Waals surface area contributed by atoms with Gasteiger partial charge in [-0.05, 0) is 38.5 Å². The van der Waals surface area contributed by atoms with Gasteiger partial charge >= 0.3 is 7.60 Å². The van der Waals surface area contributed by atoms with E-state index in [1.54, 1.807) is 13.8 Å². The second-order valence-electron chi connectivity index (χ2n) is 6.20. The van der Waals surface area contributed by atoms with Crippen LogP contribution in [0.4, 0.5) is 0 Å². The zero-order chi connectivity index (χ0) is 20.4. The van der Waals surface area contributed by atoms with E-state index in [4.69, 9.17) is 9.05 Å². The summed E-state index contributed by atoms with van der Waals surface area (Å²) in [6.45, 7) is 6.10. The second-order valence-corrected chi connectivity index (χ2v) is 9.55. The van der Waals surface area contributed by atoms with E-state index in [9.17, 15) is 8.77 Å². The van der Waals surface area contributed by atoms with E-state index in [1.807, 2.05) is 73.7 Å². The molecule has 7 heteroatoms. The van der Waals surface area contributed by atoms with Crippen LogP contribution in [0.25, 0.3) is 6.08 Å². The van der Waals surface area contributed by atoms with Gasteiger partial charge in [-0.1, -0.05) is 60.2 Å². The largest absolute Gasteiger partial charge is 0.332 e. The lowest BCUT2D eigenvalue weighted by molar-refractivity contribution is 0.219. The van der Waals surface area contributed by atoms with Crippen LogP contribution in [-0.4, -0.2) is 29.6 Å². The molecule has 0 aliphatic rings. The first-order valence-corrected chi connectivity index (χ1v) is 12.2. The third-order valence-electron chi connectivity index (χ3n) is 3.89. The molecule has 0 aromatic heterocycles. The van der Waals surface area contributed by atoms with Gasteiger partial charge in [0.25, 0.3) is 0 Å². The first-order valence-electron chi connectivity index (χ1n) is 9.31. The highest BCUT2D eigenvalue weighted by Crippen LogP contribution is 2.48. The van der Waals surface area contributed by atoms with Crippen molar-refractivity contribution >= 4 is 24.7 Å². The Labute approximate surface area is 170 Å². The number of aryl methyl sites for hydroxylation is 1. The summed E-state index contributed by atoms with van der Waals surface area (Å²) in [5, 5.41) is 0. The lowest BCUT2D eigenvalue weighted by Crippen LogP contribution is -2.33. The Bertz CT molecular complexity index is 814. The molecule has 5 nitrogen and oxygen atoms in total. The summed E-state index contributed by atoms with van der Waals surface area (Å²) >= 11 is 0. The van der Waals surface area contributed by atoms with Crippen molar-refractivity contribution in [3.8, 4) is 0 Å². The van der Waals surface area contributed by atoms with Crippen molar-refractivity contribution in [1.82, 2.24) is 4.72 Å². The lowest BCUT2D eigenvalue weighted by atomic mass is 10.2. The molecule has 28 heavy (non-hydrogen) atoms. The normalized spacial score (nSPS) is 14.2. The molecule has 2 atom stereocenters. The molecular weight excluding hydrogens is 393 g/mol. The van der Waals surface area contributed by atoms with Gasteiger partial charge in [-0.15, -0.1) is 0 Å². The molecular formula is C21H28NO4PS. The highest BCUT2D eigenvalue weighted by Gasteiger charge is 2.28. The van der Waals surface area contributed by atoms with E-state index in [0.717, 1.165) is 11.1 Å². The topological polar surface area (TPSA) is 64.6 Å². The van der Waals surface area contributed by atoms with Gasteiger partial charge in [-0.3, -0.25) is 4.57 Å². The van der Waals surface area contributed by atoms with Crippen molar-refractivity contribution in [3.63, 3.8) is 0 Å². The van der Waals surface area contributed by atoms with Gasteiger partial charge in [0.15, 0.2) is 0 Å². The molecule has 2 aromatic carbocycles. The summed E-state index contributed by atoms with van der Waals surface area (Å²) in [5.41, 5.74) is 2.09. The Hall–Kier alpha value is -1.56. The van der Waals surface area contributed by atoms with Crippen molar-refractivity contribution in [2.45, 2.75) is 31.7 Å². The van der Waals surface area contributed by atoms with E-state index in [-0.39, 0.29) is 19.4 Å². The van der Waals surface area contributed by atoms with Crippen LogP contribution >= 0.6 is 7.60 Å². The van der Waals surface area contributed by atoms with Crippen LogP contribution in [-0.2, 0) is 24.6 Å². The average Bonchev–Trinajstić information content (AvgIpc) is 2.67. The van der Waals surface area contributed by atoms with Crippen molar-refractivity contribution in [1.29, 1.82) is 0 Å². The van der Waals surface area contributed by atoms with Crippen LogP contribution in [0, 0.1) is 6.92 Å². The molecule has 0 saturated heterocycles. The summed E-state index contributed by atoms with van der Waals surface area (Å²) in [6.07, 6.45) is 3.86. The highest BCUT2D eigenvalue weighted by molar-refractivity contribution is 7.83. The van der Waals surface area contributed by atoms with Crippen LogP contribution < -0.4 is 4.72 Å². The third-order valence-corrected chi connectivity index (χ3v) is 7.25. The second kappa shape index (κ2) is 11.4. The molecule has 0 fully saturated rings. The Morgan fingerprint density at radius 3 is 2.21 bits per heavy atom. The van der Waals surface area contributed by atoms with Gasteiger partial charge in [-0.2, -0.15) is 0 Å². The summed E-state index contributed by atoms with van der Waals surface area (Å²) in [6, 6.07) is 16.8. The molecule has 0 radical (unpaired) electrons. The molecule has 2 aromatic rings. The maximum atomic E-state index is 13.0. The third kappa shape index (κ3) is 7.46. The van der Waals surface area contributed by atoms with E-state index in [1.165, 1.54) is 0 Å². The fourth-order valence-electron chi connectivity index (χ4n) is 2.57. The van der Waals surface area contributed by atoms with Crippen LogP contribution in [0.1, 0.15) is 25.0 Å². The van der Waals surface area contributed by atoms with Gasteiger partial charge in [0.1, 0.15) is 11.0 Å². The molecule has 2 rings (SSSR count). The van der Waals surface area contributed by atoms with E-state index in [2.05, 4.69) is 4.72 Å². The summed E-state index contributed by atoms with van der Waals surface area (Å²) < 4.78 is 39.6. The van der Waals surface area contributed by atoms with Gasteiger partial charge < -0.3 is 9.05 Å². The molecule has 1 N–H and O–H groups in total. The molecule has 0 aliphatic carbocycles. The monoisotopic (exact) mass is 421 g/mol. The van der Waals surface area contributed by atoms with Gasteiger partial charge in [0.2, 0.25) is 0 Å². The van der Waals surface area contributed by atoms with Gasteiger partial charge in [0.05, 0.1) is 24.3 Å². The highest BCUT2D eigenvalue weighted by atomic mass is 32.2. The minimum absolute atomic E-state index is 0.0929. The molecule has 0 aliphatic heterocycles. The minimum Gasteiger partial charge on any atom is -0.309 e. The van der Waals surface area contributed by atoms with Crippen LogP contribution in [0.3, 0.4) is 0 Å². The molecule has 1 unspecified atom stereocenters. The minimum atomic E-state index is -3.30. The Balaban J connectivity index is 2.21. The summed E-state index contributed by atoms with van der Waals surface area (Å²) in [5.74, 6) is 0. The number of hydrogen-bond donors (Lipinski definition) is 1. The number of nitrogens with one attached hydrogen (secondary N) is 1. The van der Waals surface area contributed by atoms with E-state index in [0.29, 0.717) is 4.90 Å². The molecule has 0 heterocycles. The molecule has 0 bridgehead atoms. The number of rotatable bonds is 11. The van der Waals surface area contributed by atoms with Crippen molar-refractivity contribution in [2.75, 3.05) is 19.4 Å².